The number of hydrogen-bond donors (Lipinski definition) is 1. The Kier molecular flexibility index (Phi) is 6.06. The molecule has 1 N–H and O–H groups in total. The Morgan fingerprint density at radius 2 is 1.62 bits per heavy atom. The van der Waals surface area contributed by atoms with E-state index in [9.17, 15) is 9.90 Å². The number of rotatable bonds is 7. The number of aryl methyl sites for hydroxylation is 1. The number of benzene rings is 3. The maximum absolute atomic E-state index is 13.6. The molecule has 1 fully saturated rings. The van der Waals surface area contributed by atoms with Gasteiger partial charge in [-0.3, -0.25) is 4.79 Å². The molecule has 162 valence electrons. The summed E-state index contributed by atoms with van der Waals surface area (Å²) in [4.78, 5) is 17.1. The Bertz CT molecular complexity index is 1220. The van der Waals surface area contributed by atoms with Crippen LogP contribution >= 0.6 is 11.3 Å². The third-order valence-corrected chi connectivity index (χ3v) is 7.53. The van der Waals surface area contributed by atoms with Gasteiger partial charge in [-0.25, -0.2) is 0 Å². The highest BCUT2D eigenvalue weighted by molar-refractivity contribution is 7.22. The lowest BCUT2D eigenvalue weighted by Gasteiger charge is -2.14. The summed E-state index contributed by atoms with van der Waals surface area (Å²) in [5.41, 5.74) is 3.70. The van der Waals surface area contributed by atoms with Crippen LogP contribution in [0.2, 0.25) is 0 Å². The Morgan fingerprint density at radius 3 is 2.38 bits per heavy atom. The summed E-state index contributed by atoms with van der Waals surface area (Å²) < 4.78 is 1.09. The van der Waals surface area contributed by atoms with Gasteiger partial charge in [0.2, 0.25) is 0 Å². The van der Waals surface area contributed by atoms with E-state index in [0.29, 0.717) is 0 Å². The molecule has 1 aromatic heterocycles. The molecule has 0 saturated carbocycles. The molecule has 3 aromatic carbocycles. The SMILES string of the molecule is O=C(c1ccc(CCCN2CCCC2)cc1)c1c(-c2ccc(O)cc2)sc2ccccc12. The molecule has 0 unspecified atom stereocenters. The van der Waals surface area contributed by atoms with Crippen LogP contribution < -0.4 is 0 Å². The zero-order chi connectivity index (χ0) is 21.9. The first-order valence-corrected chi connectivity index (χ1v) is 12.2. The maximum Gasteiger partial charge on any atom is 0.195 e. The molecule has 1 saturated heterocycles. The lowest BCUT2D eigenvalue weighted by atomic mass is 9.96. The molecule has 0 bridgehead atoms. The Balaban J connectivity index is 1.40. The van der Waals surface area contributed by atoms with Crippen LogP contribution in [0.3, 0.4) is 0 Å². The van der Waals surface area contributed by atoms with Crippen LogP contribution in [-0.4, -0.2) is 35.4 Å². The van der Waals surface area contributed by atoms with Crippen molar-refractivity contribution in [3.05, 3.63) is 89.5 Å². The second-order valence-electron chi connectivity index (χ2n) is 8.53. The second-order valence-corrected chi connectivity index (χ2v) is 9.58. The highest BCUT2D eigenvalue weighted by Crippen LogP contribution is 2.40. The van der Waals surface area contributed by atoms with E-state index in [4.69, 9.17) is 0 Å². The van der Waals surface area contributed by atoms with Gasteiger partial charge in [0.25, 0.3) is 0 Å². The van der Waals surface area contributed by atoms with Gasteiger partial charge in [-0.2, -0.15) is 0 Å². The lowest BCUT2D eigenvalue weighted by molar-refractivity contribution is 0.104. The number of carbonyl (C=O) groups is 1. The van der Waals surface area contributed by atoms with E-state index in [1.807, 2.05) is 42.5 Å². The van der Waals surface area contributed by atoms with Gasteiger partial charge >= 0.3 is 0 Å². The number of likely N-dealkylation sites (tertiary alicyclic amines) is 1. The van der Waals surface area contributed by atoms with Crippen molar-refractivity contribution in [3.8, 4) is 16.2 Å². The lowest BCUT2D eigenvalue weighted by Crippen LogP contribution is -2.20. The standard InChI is InChI=1S/C28H27NO2S/c30-23-15-13-22(14-16-23)28-26(24-7-1-2-8-25(24)32-28)27(31)21-11-9-20(10-12-21)6-5-19-29-17-3-4-18-29/h1-2,7-16,30H,3-6,17-19H2. The van der Waals surface area contributed by atoms with Crippen LogP contribution in [-0.2, 0) is 6.42 Å². The van der Waals surface area contributed by atoms with Crippen molar-refractivity contribution in [1.82, 2.24) is 4.90 Å². The molecule has 0 amide bonds. The number of nitrogens with zero attached hydrogens (tertiary/aromatic N) is 1. The van der Waals surface area contributed by atoms with E-state index in [-0.39, 0.29) is 11.5 Å². The van der Waals surface area contributed by atoms with Crippen molar-refractivity contribution < 1.29 is 9.90 Å². The van der Waals surface area contributed by atoms with E-state index >= 15 is 0 Å². The molecule has 32 heavy (non-hydrogen) atoms. The van der Waals surface area contributed by atoms with Crippen molar-refractivity contribution in [2.45, 2.75) is 25.7 Å². The number of phenolic OH excluding ortho intramolecular Hbond substituents is 1. The maximum atomic E-state index is 13.6. The molecule has 0 spiro atoms. The van der Waals surface area contributed by atoms with Crippen molar-refractivity contribution in [1.29, 1.82) is 0 Å². The Morgan fingerprint density at radius 1 is 0.906 bits per heavy atom. The van der Waals surface area contributed by atoms with Crippen molar-refractivity contribution in [2.24, 2.45) is 0 Å². The molecule has 0 atom stereocenters. The van der Waals surface area contributed by atoms with E-state index in [1.165, 1.54) is 31.5 Å². The number of ketones is 1. The van der Waals surface area contributed by atoms with E-state index in [0.717, 1.165) is 51.0 Å². The molecule has 0 aliphatic carbocycles. The van der Waals surface area contributed by atoms with Crippen molar-refractivity contribution in [2.75, 3.05) is 19.6 Å². The smallest absolute Gasteiger partial charge is 0.195 e. The zero-order valence-corrected chi connectivity index (χ0v) is 18.9. The van der Waals surface area contributed by atoms with Crippen molar-refractivity contribution >= 4 is 27.2 Å². The predicted molar refractivity (Wildman–Crippen MR) is 133 cm³/mol. The first-order valence-electron chi connectivity index (χ1n) is 11.4. The van der Waals surface area contributed by atoms with Crippen LogP contribution in [0, 0.1) is 0 Å². The molecule has 3 nitrogen and oxygen atoms in total. The van der Waals surface area contributed by atoms with Gasteiger partial charge < -0.3 is 10.0 Å². The summed E-state index contributed by atoms with van der Waals surface area (Å²) in [6.45, 7) is 3.65. The molecule has 0 radical (unpaired) electrons. The average molecular weight is 442 g/mol. The van der Waals surface area contributed by atoms with Gasteiger partial charge in [-0.15, -0.1) is 11.3 Å². The number of thiophene rings is 1. The molecule has 2 heterocycles. The molecule has 4 heteroatoms. The molecule has 5 rings (SSSR count). The van der Waals surface area contributed by atoms with Gasteiger partial charge in [-0.05, 0) is 86.8 Å². The number of hydrogen-bond acceptors (Lipinski definition) is 4. The Labute approximate surface area is 192 Å². The minimum absolute atomic E-state index is 0.0501. The van der Waals surface area contributed by atoms with Gasteiger partial charge in [0, 0.05) is 26.1 Å². The number of carbonyl (C=O) groups excluding carboxylic acids is 1. The highest BCUT2D eigenvalue weighted by atomic mass is 32.1. The fourth-order valence-corrected chi connectivity index (χ4v) is 5.77. The summed E-state index contributed by atoms with van der Waals surface area (Å²) in [5, 5.41) is 10.7. The normalized spacial score (nSPS) is 14.2. The summed E-state index contributed by atoms with van der Waals surface area (Å²) in [5.74, 6) is 0.275. The van der Waals surface area contributed by atoms with Crippen LogP contribution in [0.1, 0.15) is 40.7 Å². The molecule has 4 aromatic rings. The second kappa shape index (κ2) is 9.27. The van der Waals surface area contributed by atoms with Crippen LogP contribution in [0.15, 0.2) is 72.8 Å². The van der Waals surface area contributed by atoms with E-state index in [2.05, 4.69) is 23.1 Å². The third kappa shape index (κ3) is 4.34. The zero-order valence-electron chi connectivity index (χ0n) is 18.1. The summed E-state index contributed by atoms with van der Waals surface area (Å²) in [7, 11) is 0. The molecular weight excluding hydrogens is 414 g/mol. The minimum Gasteiger partial charge on any atom is -0.508 e. The first-order chi connectivity index (χ1) is 15.7. The first kappa shape index (κ1) is 20.9. The van der Waals surface area contributed by atoms with E-state index in [1.54, 1.807) is 23.5 Å². The van der Waals surface area contributed by atoms with Gasteiger partial charge in [0.1, 0.15) is 5.75 Å². The number of aromatic hydroxyl groups is 1. The van der Waals surface area contributed by atoms with Crippen LogP contribution in [0.4, 0.5) is 0 Å². The third-order valence-electron chi connectivity index (χ3n) is 6.31. The Hall–Kier alpha value is -2.95. The topological polar surface area (TPSA) is 40.5 Å². The van der Waals surface area contributed by atoms with Crippen LogP contribution in [0.25, 0.3) is 20.5 Å². The number of phenols is 1. The quantitative estimate of drug-likeness (QED) is 0.331. The van der Waals surface area contributed by atoms with Crippen molar-refractivity contribution in [3.63, 3.8) is 0 Å². The number of fused-ring (bicyclic) bond motifs is 1. The monoisotopic (exact) mass is 441 g/mol. The summed E-state index contributed by atoms with van der Waals surface area (Å²) >= 11 is 1.62. The van der Waals surface area contributed by atoms with Gasteiger partial charge in [0.05, 0.1) is 0 Å². The molecule has 1 aliphatic heterocycles. The highest BCUT2D eigenvalue weighted by Gasteiger charge is 2.21. The predicted octanol–water partition coefficient (Wildman–Crippen LogP) is 6.53. The minimum atomic E-state index is 0.0501. The van der Waals surface area contributed by atoms with Gasteiger partial charge in [-0.1, -0.05) is 42.5 Å². The van der Waals surface area contributed by atoms with Gasteiger partial charge in [0.15, 0.2) is 5.78 Å². The van der Waals surface area contributed by atoms with E-state index < -0.39 is 0 Å². The van der Waals surface area contributed by atoms with Crippen LogP contribution in [0.5, 0.6) is 5.75 Å². The largest absolute Gasteiger partial charge is 0.508 e. The molecule has 1 aliphatic rings. The fourth-order valence-electron chi connectivity index (χ4n) is 4.57. The summed E-state index contributed by atoms with van der Waals surface area (Å²) in [6, 6.07) is 23.3. The average Bonchev–Trinajstić information content (AvgIpc) is 3.47. The molecular formula is C28H27NO2S. The summed E-state index contributed by atoms with van der Waals surface area (Å²) in [6.07, 6.45) is 4.87. The fraction of sp³-hybridized carbons (Fsp3) is 0.250.